The molecule has 0 saturated heterocycles. The lowest BCUT2D eigenvalue weighted by atomic mass is 10.1. The van der Waals surface area contributed by atoms with Gasteiger partial charge in [0.15, 0.2) is 0 Å². The molecule has 3 rings (SSSR count). The number of carbonyl (C=O) groups excluding carboxylic acids is 2. The Morgan fingerprint density at radius 3 is 2.17 bits per heavy atom. The lowest BCUT2D eigenvalue weighted by Crippen LogP contribution is -2.52. The number of hydrogen-bond acceptors (Lipinski definition) is 5. The van der Waals surface area contributed by atoms with Crippen LogP contribution in [0.2, 0.25) is 10.0 Å². The average molecular weight is 607 g/mol. The van der Waals surface area contributed by atoms with Crippen molar-refractivity contribution in [3.8, 4) is 5.75 Å². The second kappa shape index (κ2) is 14.4. The van der Waals surface area contributed by atoms with Crippen molar-refractivity contribution in [2.75, 3.05) is 23.7 Å². The van der Waals surface area contributed by atoms with Gasteiger partial charge in [-0.25, -0.2) is 8.42 Å². The van der Waals surface area contributed by atoms with Gasteiger partial charge in [-0.05, 0) is 60.9 Å². The number of amides is 2. The number of nitrogens with zero attached hydrogens (tertiary/aromatic N) is 2. The first-order chi connectivity index (χ1) is 19.0. The van der Waals surface area contributed by atoms with Crippen LogP contribution in [0.4, 0.5) is 5.69 Å². The molecule has 0 heterocycles. The van der Waals surface area contributed by atoms with E-state index >= 15 is 0 Å². The van der Waals surface area contributed by atoms with Crippen molar-refractivity contribution in [2.45, 2.75) is 39.5 Å². The summed E-state index contributed by atoms with van der Waals surface area (Å²) in [5.41, 5.74) is 1.94. The summed E-state index contributed by atoms with van der Waals surface area (Å²) in [5.74, 6) is -0.320. The summed E-state index contributed by atoms with van der Waals surface area (Å²) in [6.07, 6.45) is 1.36. The van der Waals surface area contributed by atoms with Crippen LogP contribution in [0, 0.1) is 0 Å². The Balaban J connectivity index is 1.86. The van der Waals surface area contributed by atoms with Gasteiger partial charge < -0.3 is 15.0 Å². The summed E-state index contributed by atoms with van der Waals surface area (Å²) >= 11 is 12.2. The first-order valence-corrected chi connectivity index (χ1v) is 15.4. The second-order valence-electron chi connectivity index (χ2n) is 9.13. The Labute approximate surface area is 245 Å². The average Bonchev–Trinajstić information content (AvgIpc) is 2.92. The summed E-state index contributed by atoms with van der Waals surface area (Å²) in [5, 5.41) is 3.43. The molecule has 0 unspecified atom stereocenters. The van der Waals surface area contributed by atoms with E-state index in [1.165, 1.54) is 4.90 Å². The van der Waals surface area contributed by atoms with Crippen LogP contribution < -0.4 is 14.4 Å². The Hall–Kier alpha value is -3.27. The molecular formula is C29H33Cl2N3O5S. The molecule has 2 amide bonds. The van der Waals surface area contributed by atoms with E-state index in [0.29, 0.717) is 46.6 Å². The van der Waals surface area contributed by atoms with Gasteiger partial charge in [0, 0.05) is 13.1 Å². The highest BCUT2D eigenvalue weighted by atomic mass is 35.5. The largest absolute Gasteiger partial charge is 0.489 e. The number of carbonyl (C=O) groups is 2. The molecule has 0 spiro atoms. The van der Waals surface area contributed by atoms with Crippen LogP contribution in [-0.2, 0) is 32.8 Å². The third-order valence-electron chi connectivity index (χ3n) is 6.13. The molecule has 11 heteroatoms. The zero-order valence-corrected chi connectivity index (χ0v) is 25.0. The Bertz CT molecular complexity index is 1400. The molecule has 40 heavy (non-hydrogen) atoms. The molecule has 3 aromatic carbocycles. The third kappa shape index (κ3) is 8.61. The fraction of sp³-hybridized carbons (Fsp3) is 0.310. The van der Waals surface area contributed by atoms with E-state index in [0.717, 1.165) is 16.1 Å². The zero-order valence-electron chi connectivity index (χ0n) is 22.6. The van der Waals surface area contributed by atoms with Crippen LogP contribution >= 0.6 is 23.2 Å². The lowest BCUT2D eigenvalue weighted by Gasteiger charge is -2.32. The van der Waals surface area contributed by atoms with Crippen molar-refractivity contribution in [1.29, 1.82) is 0 Å². The smallest absolute Gasteiger partial charge is 0.244 e. The highest BCUT2D eigenvalue weighted by Gasteiger charge is 2.31. The van der Waals surface area contributed by atoms with Crippen molar-refractivity contribution in [3.05, 3.63) is 94.0 Å². The van der Waals surface area contributed by atoms with Crippen LogP contribution in [0.5, 0.6) is 5.75 Å². The Morgan fingerprint density at radius 1 is 0.925 bits per heavy atom. The molecule has 0 aliphatic heterocycles. The molecule has 214 valence electrons. The summed E-state index contributed by atoms with van der Waals surface area (Å²) < 4.78 is 32.4. The number of anilines is 1. The third-order valence-corrected chi connectivity index (χ3v) is 8.01. The maximum atomic E-state index is 13.7. The predicted molar refractivity (Wildman–Crippen MR) is 159 cm³/mol. The van der Waals surface area contributed by atoms with Gasteiger partial charge in [-0.1, -0.05) is 66.5 Å². The maximum absolute atomic E-state index is 13.7. The van der Waals surface area contributed by atoms with Gasteiger partial charge in [-0.3, -0.25) is 13.9 Å². The lowest BCUT2D eigenvalue weighted by molar-refractivity contribution is -0.140. The number of benzene rings is 3. The van der Waals surface area contributed by atoms with Crippen LogP contribution in [0.1, 0.15) is 31.4 Å². The monoisotopic (exact) mass is 605 g/mol. The quantitative estimate of drug-likeness (QED) is 0.286. The molecule has 0 aromatic heterocycles. The molecule has 0 aliphatic carbocycles. The number of hydrogen-bond donors (Lipinski definition) is 1. The fourth-order valence-electron chi connectivity index (χ4n) is 4.11. The number of rotatable bonds is 13. The highest BCUT2D eigenvalue weighted by molar-refractivity contribution is 7.92. The normalized spacial score (nSPS) is 11.9. The predicted octanol–water partition coefficient (Wildman–Crippen LogP) is 5.28. The number of ether oxygens (including phenoxy) is 1. The van der Waals surface area contributed by atoms with Gasteiger partial charge >= 0.3 is 0 Å². The Morgan fingerprint density at radius 2 is 1.60 bits per heavy atom. The number of halogens is 2. The van der Waals surface area contributed by atoms with Crippen molar-refractivity contribution in [3.63, 3.8) is 0 Å². The van der Waals surface area contributed by atoms with Crippen LogP contribution in [0.15, 0.2) is 72.8 Å². The van der Waals surface area contributed by atoms with E-state index in [-0.39, 0.29) is 12.5 Å². The van der Waals surface area contributed by atoms with Gasteiger partial charge in [0.1, 0.15) is 24.9 Å². The molecule has 3 aromatic rings. The van der Waals surface area contributed by atoms with E-state index in [2.05, 4.69) is 5.32 Å². The highest BCUT2D eigenvalue weighted by Crippen LogP contribution is 2.26. The van der Waals surface area contributed by atoms with E-state index < -0.39 is 28.5 Å². The Kier molecular flexibility index (Phi) is 11.2. The summed E-state index contributed by atoms with van der Waals surface area (Å²) in [6.45, 7) is 3.86. The molecule has 0 saturated carbocycles. The fourth-order valence-corrected chi connectivity index (χ4v) is 5.28. The summed E-state index contributed by atoms with van der Waals surface area (Å²) in [4.78, 5) is 28.0. The van der Waals surface area contributed by atoms with Gasteiger partial charge in [0.25, 0.3) is 0 Å². The summed E-state index contributed by atoms with van der Waals surface area (Å²) in [7, 11) is -3.86. The first-order valence-electron chi connectivity index (χ1n) is 12.8. The van der Waals surface area contributed by atoms with Crippen LogP contribution in [0.3, 0.4) is 0 Å². The van der Waals surface area contributed by atoms with Crippen molar-refractivity contribution in [1.82, 2.24) is 10.2 Å². The molecule has 0 bridgehead atoms. The van der Waals surface area contributed by atoms with Gasteiger partial charge in [0.05, 0.1) is 22.0 Å². The SMILES string of the molecule is CCNC(=O)[C@H](CC)N(Cc1ccc(Cl)c(Cl)c1)C(=O)CN(c1ccc(OCc2ccccc2)cc1)S(C)(=O)=O. The van der Waals surface area contributed by atoms with Crippen LogP contribution in [0.25, 0.3) is 0 Å². The van der Waals surface area contributed by atoms with E-state index in [9.17, 15) is 18.0 Å². The number of nitrogens with one attached hydrogen (secondary N) is 1. The number of sulfonamides is 1. The molecule has 0 radical (unpaired) electrons. The van der Waals surface area contributed by atoms with Crippen molar-refractivity contribution in [2.24, 2.45) is 0 Å². The van der Waals surface area contributed by atoms with E-state index in [1.807, 2.05) is 30.3 Å². The first kappa shape index (κ1) is 31.3. The second-order valence-corrected chi connectivity index (χ2v) is 11.8. The van der Waals surface area contributed by atoms with Crippen molar-refractivity contribution < 1.29 is 22.7 Å². The van der Waals surface area contributed by atoms with Crippen LogP contribution in [-0.4, -0.2) is 50.5 Å². The molecule has 1 atom stereocenters. The maximum Gasteiger partial charge on any atom is 0.244 e. The topological polar surface area (TPSA) is 96.0 Å². The minimum absolute atomic E-state index is 0.0369. The van der Waals surface area contributed by atoms with Gasteiger partial charge in [-0.15, -0.1) is 0 Å². The molecule has 1 N–H and O–H groups in total. The molecular weight excluding hydrogens is 573 g/mol. The minimum Gasteiger partial charge on any atom is -0.489 e. The van der Waals surface area contributed by atoms with E-state index in [4.69, 9.17) is 27.9 Å². The standard InChI is InChI=1S/C29H33Cl2N3O5S/c1-4-27(29(36)32-5-2)33(18-22-11-16-25(30)26(31)17-22)28(35)19-34(40(3,37)38)23-12-14-24(15-13-23)39-20-21-9-7-6-8-10-21/h6-17,27H,4-5,18-20H2,1-3H3,(H,32,36)/t27-/m0/s1. The van der Waals surface area contributed by atoms with E-state index in [1.54, 1.807) is 56.3 Å². The van der Waals surface area contributed by atoms with Crippen molar-refractivity contribution >= 4 is 50.7 Å². The zero-order chi connectivity index (χ0) is 29.3. The van der Waals surface area contributed by atoms with Gasteiger partial charge in [-0.2, -0.15) is 0 Å². The molecule has 0 aliphatic rings. The minimum atomic E-state index is -3.86. The van der Waals surface area contributed by atoms with Gasteiger partial charge in [0.2, 0.25) is 21.8 Å². The summed E-state index contributed by atoms with van der Waals surface area (Å²) in [6, 6.07) is 20.2. The number of likely N-dealkylation sites (N-methyl/N-ethyl adjacent to an activating group) is 1. The molecule has 8 nitrogen and oxygen atoms in total. The molecule has 0 fully saturated rings.